The van der Waals surface area contributed by atoms with Crippen molar-refractivity contribution in [2.45, 2.75) is 58.6 Å². The van der Waals surface area contributed by atoms with Gasteiger partial charge in [0, 0.05) is 6.42 Å². The van der Waals surface area contributed by atoms with Crippen LogP contribution in [0.15, 0.2) is 41.5 Å². The second kappa shape index (κ2) is 10.3. The molecule has 1 saturated carbocycles. The summed E-state index contributed by atoms with van der Waals surface area (Å²) < 4.78 is 12.2. The smallest absolute Gasteiger partial charge is 0.348 e. The summed E-state index contributed by atoms with van der Waals surface area (Å²) in [6.07, 6.45) is 5.69. The molecule has 8 heteroatoms. The highest BCUT2D eigenvalue weighted by Crippen LogP contribution is 2.28. The molecule has 2 aromatic heterocycles. The first kappa shape index (κ1) is 23.2. The van der Waals surface area contributed by atoms with Crippen LogP contribution < -0.4 is 5.56 Å². The zero-order chi connectivity index (χ0) is 23.4. The van der Waals surface area contributed by atoms with Crippen molar-refractivity contribution in [1.29, 1.82) is 0 Å². The Morgan fingerprint density at radius 1 is 1.15 bits per heavy atom. The Hall–Kier alpha value is -3.00. The number of aryl methyl sites for hydroxylation is 1. The fourth-order valence-electron chi connectivity index (χ4n) is 4.15. The minimum Gasteiger partial charge on any atom is -0.461 e. The summed E-state index contributed by atoms with van der Waals surface area (Å²) in [4.78, 5) is 43.2. The molecule has 1 aliphatic carbocycles. The number of benzene rings is 1. The van der Waals surface area contributed by atoms with Crippen LogP contribution >= 0.6 is 11.3 Å². The second-order valence-corrected chi connectivity index (χ2v) is 9.66. The monoisotopic (exact) mass is 468 g/mol. The average molecular weight is 469 g/mol. The Morgan fingerprint density at radius 3 is 2.61 bits per heavy atom. The van der Waals surface area contributed by atoms with Gasteiger partial charge in [-0.1, -0.05) is 37.3 Å². The minimum absolute atomic E-state index is 0.0822. The Balaban J connectivity index is 1.43. The molecule has 0 aliphatic heterocycles. The topological polar surface area (TPSA) is 87.5 Å². The molecule has 1 aromatic carbocycles. The summed E-state index contributed by atoms with van der Waals surface area (Å²) in [6, 6.07) is 9.77. The molecule has 0 spiro atoms. The number of ether oxygens (including phenoxy) is 2. The van der Waals surface area contributed by atoms with Crippen molar-refractivity contribution < 1.29 is 19.1 Å². The summed E-state index contributed by atoms with van der Waals surface area (Å²) >= 11 is 1.13. The highest BCUT2D eigenvalue weighted by Gasteiger charge is 2.23. The normalized spacial score (nSPS) is 18.2. The Kier molecular flexibility index (Phi) is 7.23. The van der Waals surface area contributed by atoms with Crippen molar-refractivity contribution in [2.24, 2.45) is 5.92 Å². The van der Waals surface area contributed by atoms with Crippen LogP contribution in [0.3, 0.4) is 0 Å². The van der Waals surface area contributed by atoms with Crippen LogP contribution in [0.5, 0.6) is 0 Å². The molecule has 174 valence electrons. The lowest BCUT2D eigenvalue weighted by Crippen LogP contribution is -2.29. The van der Waals surface area contributed by atoms with Crippen molar-refractivity contribution in [1.82, 2.24) is 9.55 Å². The van der Waals surface area contributed by atoms with Crippen LogP contribution in [0.25, 0.3) is 10.2 Å². The van der Waals surface area contributed by atoms with E-state index in [1.165, 1.54) is 10.9 Å². The van der Waals surface area contributed by atoms with Gasteiger partial charge in [0.2, 0.25) is 0 Å². The van der Waals surface area contributed by atoms with Gasteiger partial charge in [-0.25, -0.2) is 9.78 Å². The number of aromatic nitrogens is 2. The largest absolute Gasteiger partial charge is 0.461 e. The third-order valence-electron chi connectivity index (χ3n) is 6.13. The van der Waals surface area contributed by atoms with E-state index in [2.05, 4.69) is 11.9 Å². The van der Waals surface area contributed by atoms with Crippen LogP contribution in [0.2, 0.25) is 0 Å². The molecule has 33 heavy (non-hydrogen) atoms. The summed E-state index contributed by atoms with van der Waals surface area (Å²) in [5, 5.41) is 0.344. The SMILES string of the molecule is Cc1c(C(=O)OCCc2ccccc2)sc2ncn(CC(=O)OC3CCC(C)CC3)c(=O)c12. The van der Waals surface area contributed by atoms with Gasteiger partial charge >= 0.3 is 11.9 Å². The van der Waals surface area contributed by atoms with E-state index < -0.39 is 11.9 Å². The maximum absolute atomic E-state index is 13.0. The maximum atomic E-state index is 13.0. The van der Waals surface area contributed by atoms with Gasteiger partial charge in [0.25, 0.3) is 5.56 Å². The minimum atomic E-state index is -0.469. The van der Waals surface area contributed by atoms with E-state index >= 15 is 0 Å². The highest BCUT2D eigenvalue weighted by molar-refractivity contribution is 7.20. The van der Waals surface area contributed by atoms with Gasteiger partial charge in [-0.15, -0.1) is 11.3 Å². The number of rotatable bonds is 7. The van der Waals surface area contributed by atoms with Crippen molar-refractivity contribution in [3.8, 4) is 0 Å². The Bertz CT molecular complexity index is 1190. The lowest BCUT2D eigenvalue weighted by atomic mass is 9.89. The summed E-state index contributed by atoms with van der Waals surface area (Å²) in [6.45, 7) is 3.97. The molecule has 4 rings (SSSR count). The number of carbonyl (C=O) groups excluding carboxylic acids is 2. The van der Waals surface area contributed by atoms with Crippen molar-refractivity contribution >= 4 is 33.5 Å². The molecule has 0 saturated heterocycles. The van der Waals surface area contributed by atoms with Crippen LogP contribution in [0.4, 0.5) is 0 Å². The number of esters is 2. The number of thiophene rings is 1. The van der Waals surface area contributed by atoms with Gasteiger partial charge in [0.15, 0.2) is 0 Å². The lowest BCUT2D eigenvalue weighted by molar-refractivity contribution is -0.151. The Labute approximate surface area is 196 Å². The molecule has 1 aliphatic rings. The van der Waals surface area contributed by atoms with Crippen molar-refractivity contribution in [2.75, 3.05) is 6.61 Å². The third-order valence-corrected chi connectivity index (χ3v) is 7.31. The molecule has 3 aromatic rings. The predicted octanol–water partition coefficient (Wildman–Crippen LogP) is 4.29. The first-order valence-corrected chi connectivity index (χ1v) is 12.1. The van der Waals surface area contributed by atoms with E-state index in [0.717, 1.165) is 42.6 Å². The van der Waals surface area contributed by atoms with Crippen molar-refractivity contribution in [3.05, 3.63) is 63.0 Å². The Morgan fingerprint density at radius 2 is 1.88 bits per heavy atom. The molecule has 0 unspecified atom stereocenters. The van der Waals surface area contributed by atoms with E-state index in [1.54, 1.807) is 6.92 Å². The quantitative estimate of drug-likeness (QED) is 0.481. The molecule has 1 fully saturated rings. The van der Waals surface area contributed by atoms with E-state index in [-0.39, 0.29) is 24.8 Å². The third kappa shape index (κ3) is 5.50. The molecule has 0 bridgehead atoms. The molecule has 0 radical (unpaired) electrons. The van der Waals surface area contributed by atoms with Gasteiger partial charge in [0.1, 0.15) is 22.4 Å². The standard InChI is InChI=1S/C25H28N2O5S/c1-16-8-10-19(11-9-16)32-20(28)14-27-15-26-23-21(24(27)29)17(2)22(33-23)25(30)31-13-12-18-6-4-3-5-7-18/h3-7,15-16,19H,8-14H2,1-2H3. The average Bonchev–Trinajstić information content (AvgIpc) is 3.15. The van der Waals surface area contributed by atoms with Gasteiger partial charge in [-0.3, -0.25) is 14.2 Å². The summed E-state index contributed by atoms with van der Waals surface area (Å²) in [5.41, 5.74) is 1.25. The van der Waals surface area contributed by atoms with Gasteiger partial charge in [-0.2, -0.15) is 0 Å². The predicted molar refractivity (Wildman–Crippen MR) is 127 cm³/mol. The van der Waals surface area contributed by atoms with Crippen LogP contribution in [-0.4, -0.2) is 34.2 Å². The zero-order valence-electron chi connectivity index (χ0n) is 18.9. The van der Waals surface area contributed by atoms with E-state index in [9.17, 15) is 14.4 Å². The molecule has 7 nitrogen and oxygen atoms in total. The van der Waals surface area contributed by atoms with Gasteiger partial charge in [0.05, 0.1) is 18.3 Å². The highest BCUT2D eigenvalue weighted by atomic mass is 32.1. The zero-order valence-corrected chi connectivity index (χ0v) is 19.7. The molecule has 0 amide bonds. The number of hydrogen-bond donors (Lipinski definition) is 0. The van der Waals surface area contributed by atoms with Gasteiger partial charge < -0.3 is 9.47 Å². The molecule has 2 heterocycles. The van der Waals surface area contributed by atoms with Crippen molar-refractivity contribution in [3.63, 3.8) is 0 Å². The lowest BCUT2D eigenvalue weighted by Gasteiger charge is -2.26. The van der Waals surface area contributed by atoms with E-state index in [4.69, 9.17) is 9.47 Å². The fraction of sp³-hybridized carbons (Fsp3) is 0.440. The molecular formula is C25H28N2O5S. The first-order valence-electron chi connectivity index (χ1n) is 11.3. The van der Waals surface area contributed by atoms with Crippen LogP contribution in [0, 0.1) is 12.8 Å². The van der Waals surface area contributed by atoms with E-state index in [1.807, 2.05) is 30.3 Å². The second-order valence-electron chi connectivity index (χ2n) is 8.66. The van der Waals surface area contributed by atoms with E-state index in [0.29, 0.717) is 33.0 Å². The van der Waals surface area contributed by atoms with Gasteiger partial charge in [-0.05, 0) is 49.7 Å². The molecule has 0 N–H and O–H groups in total. The number of fused-ring (bicyclic) bond motifs is 1. The molecule has 0 atom stereocenters. The first-order chi connectivity index (χ1) is 15.9. The van der Waals surface area contributed by atoms with Crippen LogP contribution in [0.1, 0.15) is 53.4 Å². The summed E-state index contributed by atoms with van der Waals surface area (Å²) in [7, 11) is 0. The maximum Gasteiger partial charge on any atom is 0.348 e. The summed E-state index contributed by atoms with van der Waals surface area (Å²) in [5.74, 6) is -0.246. The number of hydrogen-bond acceptors (Lipinski definition) is 7. The number of nitrogens with zero attached hydrogens (tertiary/aromatic N) is 2. The van der Waals surface area contributed by atoms with Crippen LogP contribution in [-0.2, 0) is 27.2 Å². The number of carbonyl (C=O) groups is 2. The fourth-order valence-corrected chi connectivity index (χ4v) is 5.18. The molecular weight excluding hydrogens is 440 g/mol.